The predicted molar refractivity (Wildman–Crippen MR) is 126 cm³/mol. The molecule has 33 heavy (non-hydrogen) atoms. The highest BCUT2D eigenvalue weighted by atomic mass is 19.1. The van der Waals surface area contributed by atoms with Crippen LogP contribution in [0.3, 0.4) is 0 Å². The number of carbonyl (C=O) groups is 1. The Morgan fingerprint density at radius 2 is 1.88 bits per heavy atom. The zero-order valence-electron chi connectivity index (χ0n) is 18.9. The van der Waals surface area contributed by atoms with E-state index in [1.54, 1.807) is 6.07 Å². The first kappa shape index (κ1) is 23.0. The molecular formula is C26H30FN3O3. The topological polar surface area (TPSA) is 67.5 Å². The van der Waals surface area contributed by atoms with E-state index in [1.807, 2.05) is 18.2 Å². The van der Waals surface area contributed by atoms with Crippen molar-refractivity contribution in [2.45, 2.75) is 38.0 Å². The maximum atomic E-state index is 14.0. The predicted octanol–water partition coefficient (Wildman–Crippen LogP) is 4.64. The Bertz CT molecular complexity index is 1130. The first-order valence-electron chi connectivity index (χ1n) is 11.5. The number of hydrogen-bond donors (Lipinski definition) is 1. The van der Waals surface area contributed by atoms with Gasteiger partial charge < -0.3 is 14.6 Å². The monoisotopic (exact) mass is 451 g/mol. The third kappa shape index (κ3) is 5.79. The molecule has 0 bridgehead atoms. The van der Waals surface area contributed by atoms with Gasteiger partial charge in [0.05, 0.1) is 6.20 Å². The van der Waals surface area contributed by atoms with E-state index in [-0.39, 0.29) is 17.5 Å². The lowest BCUT2D eigenvalue weighted by atomic mass is 9.86. The number of carbonyl (C=O) groups excluding carboxylic acids is 1. The van der Waals surface area contributed by atoms with Gasteiger partial charge in [0.15, 0.2) is 5.76 Å². The molecule has 1 aliphatic rings. The molecule has 0 aliphatic carbocycles. The highest BCUT2D eigenvalue weighted by Crippen LogP contribution is 2.35. The molecule has 7 heteroatoms. The van der Waals surface area contributed by atoms with Gasteiger partial charge in [0.2, 0.25) is 0 Å². The molecule has 1 fully saturated rings. The average Bonchev–Trinajstić information content (AvgIpc) is 3.21. The Labute approximate surface area is 193 Å². The van der Waals surface area contributed by atoms with Gasteiger partial charge in [0.25, 0.3) is 0 Å². The van der Waals surface area contributed by atoms with Crippen molar-refractivity contribution in [3.8, 4) is 11.3 Å². The maximum absolute atomic E-state index is 14.0. The molecule has 0 radical (unpaired) electrons. The van der Waals surface area contributed by atoms with Gasteiger partial charge in [-0.15, -0.1) is 0 Å². The smallest absolute Gasteiger partial charge is 0.407 e. The van der Waals surface area contributed by atoms with Gasteiger partial charge in [-0.2, -0.15) is 4.57 Å². The molecule has 1 aliphatic heterocycles. The first-order valence-corrected chi connectivity index (χ1v) is 11.5. The van der Waals surface area contributed by atoms with Crippen molar-refractivity contribution in [2.75, 3.05) is 26.7 Å². The lowest BCUT2D eigenvalue weighted by molar-refractivity contribution is 0.240. The Balaban J connectivity index is 1.41. The van der Waals surface area contributed by atoms with Crippen molar-refractivity contribution in [1.29, 1.82) is 0 Å². The van der Waals surface area contributed by atoms with Crippen LogP contribution < -0.4 is 11.1 Å². The van der Waals surface area contributed by atoms with E-state index in [1.165, 1.54) is 23.9 Å². The molecule has 0 saturated carbocycles. The zero-order valence-corrected chi connectivity index (χ0v) is 18.9. The van der Waals surface area contributed by atoms with Crippen molar-refractivity contribution in [1.82, 2.24) is 14.8 Å². The first-order chi connectivity index (χ1) is 16.0. The minimum Gasteiger partial charge on any atom is -0.407 e. The standard InChI is InChI=1S/C26H30FN3O3/c1-29-15-12-20(13-16-29)23-17-21(27)10-11-22(23)24-18-30(26(32)33-24)25(31)28-14-6-5-9-19-7-3-2-4-8-19/h2-4,7-8,10-11,17-18,20H,5-6,9,12-16H2,1H3,(H,28,31). The molecule has 6 nitrogen and oxygen atoms in total. The van der Waals surface area contributed by atoms with Crippen LogP contribution in [0.5, 0.6) is 0 Å². The molecule has 2 aromatic carbocycles. The summed E-state index contributed by atoms with van der Waals surface area (Å²) in [4.78, 5) is 27.2. The third-order valence-corrected chi connectivity index (χ3v) is 6.31. The molecule has 2 heterocycles. The van der Waals surface area contributed by atoms with Gasteiger partial charge in [-0.1, -0.05) is 30.3 Å². The van der Waals surface area contributed by atoms with Crippen LogP contribution in [-0.2, 0) is 6.42 Å². The lowest BCUT2D eigenvalue weighted by Crippen LogP contribution is -2.34. The minimum absolute atomic E-state index is 0.180. The number of nitrogens with one attached hydrogen (secondary N) is 1. The number of rotatable bonds is 7. The molecule has 1 amide bonds. The fourth-order valence-electron chi connectivity index (χ4n) is 4.40. The quantitative estimate of drug-likeness (QED) is 0.532. The van der Waals surface area contributed by atoms with Gasteiger partial charge in [0.1, 0.15) is 5.82 Å². The van der Waals surface area contributed by atoms with Crippen molar-refractivity contribution in [3.63, 3.8) is 0 Å². The van der Waals surface area contributed by atoms with Crippen LogP contribution >= 0.6 is 0 Å². The van der Waals surface area contributed by atoms with E-state index in [0.29, 0.717) is 12.1 Å². The number of oxazole rings is 1. The maximum Gasteiger partial charge on any atom is 0.427 e. The number of hydrogen-bond acceptors (Lipinski definition) is 4. The van der Waals surface area contributed by atoms with Crippen LogP contribution in [0.4, 0.5) is 9.18 Å². The number of unbranched alkanes of at least 4 members (excludes halogenated alkanes) is 1. The van der Waals surface area contributed by atoms with Crippen LogP contribution in [0.25, 0.3) is 11.3 Å². The Kier molecular flexibility index (Phi) is 7.40. The van der Waals surface area contributed by atoms with E-state index in [4.69, 9.17) is 4.42 Å². The Morgan fingerprint density at radius 3 is 2.64 bits per heavy atom. The summed E-state index contributed by atoms with van der Waals surface area (Å²) < 4.78 is 20.4. The minimum atomic E-state index is -0.745. The molecular weight excluding hydrogens is 421 g/mol. The number of benzene rings is 2. The molecule has 174 valence electrons. The summed E-state index contributed by atoms with van der Waals surface area (Å²) in [5, 5.41) is 2.78. The molecule has 4 rings (SSSR count). The van der Waals surface area contributed by atoms with Gasteiger partial charge >= 0.3 is 11.8 Å². The molecule has 1 N–H and O–H groups in total. The van der Waals surface area contributed by atoms with Crippen LogP contribution in [0.1, 0.15) is 42.7 Å². The Morgan fingerprint density at radius 1 is 1.12 bits per heavy atom. The number of piperidine rings is 1. The van der Waals surface area contributed by atoms with E-state index in [9.17, 15) is 14.0 Å². The van der Waals surface area contributed by atoms with Gasteiger partial charge in [-0.25, -0.2) is 14.0 Å². The summed E-state index contributed by atoms with van der Waals surface area (Å²) >= 11 is 0. The number of amides is 1. The van der Waals surface area contributed by atoms with Crippen molar-refractivity contribution in [3.05, 3.63) is 82.2 Å². The number of nitrogens with zero attached hydrogens (tertiary/aromatic N) is 2. The van der Waals surface area contributed by atoms with Crippen molar-refractivity contribution in [2.24, 2.45) is 0 Å². The van der Waals surface area contributed by atoms with Gasteiger partial charge in [-0.3, -0.25) is 0 Å². The van der Waals surface area contributed by atoms with E-state index in [2.05, 4.69) is 29.4 Å². The summed E-state index contributed by atoms with van der Waals surface area (Å²) in [5.74, 6) is -0.597. The van der Waals surface area contributed by atoms with Gasteiger partial charge in [0, 0.05) is 12.1 Å². The normalized spacial score (nSPS) is 15.0. The molecule has 0 atom stereocenters. The highest BCUT2D eigenvalue weighted by Gasteiger charge is 2.24. The van der Waals surface area contributed by atoms with E-state index in [0.717, 1.165) is 55.3 Å². The summed E-state index contributed by atoms with van der Waals surface area (Å²) in [6.07, 6.45) is 5.90. The summed E-state index contributed by atoms with van der Waals surface area (Å²) in [7, 11) is 2.07. The molecule has 0 spiro atoms. The van der Waals surface area contributed by atoms with E-state index >= 15 is 0 Å². The number of aromatic nitrogens is 1. The third-order valence-electron chi connectivity index (χ3n) is 6.31. The molecule has 1 aromatic heterocycles. The number of aryl methyl sites for hydroxylation is 1. The van der Waals surface area contributed by atoms with E-state index < -0.39 is 11.8 Å². The zero-order chi connectivity index (χ0) is 23.2. The second kappa shape index (κ2) is 10.6. The Hall–Kier alpha value is -3.19. The van der Waals surface area contributed by atoms with Crippen molar-refractivity contribution < 1.29 is 13.6 Å². The fraction of sp³-hybridized carbons (Fsp3) is 0.385. The molecule has 3 aromatic rings. The largest absolute Gasteiger partial charge is 0.427 e. The van der Waals surface area contributed by atoms with Crippen LogP contribution in [0.2, 0.25) is 0 Å². The van der Waals surface area contributed by atoms with Crippen LogP contribution in [0.15, 0.2) is 63.9 Å². The summed E-state index contributed by atoms with van der Waals surface area (Å²) in [5.41, 5.74) is 2.75. The summed E-state index contributed by atoms with van der Waals surface area (Å²) in [6.45, 7) is 2.33. The number of likely N-dealkylation sites (tertiary alicyclic amines) is 1. The molecule has 1 saturated heterocycles. The fourth-order valence-corrected chi connectivity index (χ4v) is 4.40. The average molecular weight is 452 g/mol. The lowest BCUT2D eigenvalue weighted by Gasteiger charge is -2.30. The SMILES string of the molecule is CN1CCC(c2cc(F)ccc2-c2cn(C(=O)NCCCCc3ccccc3)c(=O)o2)CC1. The highest BCUT2D eigenvalue weighted by molar-refractivity contribution is 5.77. The van der Waals surface area contributed by atoms with Gasteiger partial charge in [-0.05, 0) is 87.5 Å². The number of halogens is 1. The second-order valence-corrected chi connectivity index (χ2v) is 8.72. The molecule has 0 unspecified atom stereocenters. The van der Waals surface area contributed by atoms with Crippen molar-refractivity contribution >= 4 is 6.03 Å². The van der Waals surface area contributed by atoms with Crippen LogP contribution in [-0.4, -0.2) is 42.2 Å². The van der Waals surface area contributed by atoms with Crippen LogP contribution in [0, 0.1) is 5.82 Å². The summed E-state index contributed by atoms with van der Waals surface area (Å²) in [6, 6.07) is 14.2. The second-order valence-electron chi connectivity index (χ2n) is 8.72.